The number of methoxy groups -OCH3 is 1. The van der Waals surface area contributed by atoms with E-state index >= 15 is 0 Å². The number of carbonyl (C=O) groups excluding carboxylic acids is 3. The molecule has 33 heavy (non-hydrogen) atoms. The van der Waals surface area contributed by atoms with Crippen molar-refractivity contribution in [3.63, 3.8) is 0 Å². The first-order valence-electron chi connectivity index (χ1n) is 11.9. The van der Waals surface area contributed by atoms with Crippen LogP contribution in [0, 0.1) is 5.92 Å². The summed E-state index contributed by atoms with van der Waals surface area (Å²) in [6.07, 6.45) is 4.92. The van der Waals surface area contributed by atoms with Gasteiger partial charge in [0, 0.05) is 23.5 Å². The molecule has 1 aliphatic carbocycles. The van der Waals surface area contributed by atoms with Crippen molar-refractivity contribution in [2.45, 2.75) is 70.5 Å². The lowest BCUT2D eigenvalue weighted by molar-refractivity contribution is -0.139. The fraction of sp³-hybridized carbons (Fsp3) is 0.560. The van der Waals surface area contributed by atoms with Gasteiger partial charge in [-0.3, -0.25) is 9.59 Å². The lowest BCUT2D eigenvalue weighted by Crippen LogP contribution is -2.52. The quantitative estimate of drug-likeness (QED) is 0.696. The van der Waals surface area contributed by atoms with Crippen molar-refractivity contribution in [2.75, 3.05) is 13.7 Å². The highest BCUT2D eigenvalue weighted by molar-refractivity contribution is 6.11. The van der Waals surface area contributed by atoms with Gasteiger partial charge >= 0.3 is 6.03 Å². The van der Waals surface area contributed by atoms with Crippen LogP contribution >= 0.6 is 0 Å². The van der Waals surface area contributed by atoms with E-state index in [-0.39, 0.29) is 17.9 Å². The minimum absolute atomic E-state index is 0.0926. The van der Waals surface area contributed by atoms with Gasteiger partial charge in [0.05, 0.1) is 12.8 Å². The molecule has 8 nitrogen and oxygen atoms in total. The minimum Gasteiger partial charge on any atom is -0.497 e. The number of fused-ring (bicyclic) bond motifs is 5. The first-order chi connectivity index (χ1) is 15.8. The summed E-state index contributed by atoms with van der Waals surface area (Å²) >= 11 is 0. The molecule has 4 amide bonds. The van der Waals surface area contributed by atoms with Crippen molar-refractivity contribution in [2.24, 2.45) is 5.92 Å². The molecule has 3 heterocycles. The highest BCUT2D eigenvalue weighted by Gasteiger charge is 2.60. The van der Waals surface area contributed by atoms with Gasteiger partial charge in [0.25, 0.3) is 5.91 Å². The van der Waals surface area contributed by atoms with E-state index in [0.717, 1.165) is 52.1 Å². The number of aromatic nitrogens is 1. The first-order valence-corrected chi connectivity index (χ1v) is 11.9. The number of carbonyl (C=O) groups is 3. The summed E-state index contributed by atoms with van der Waals surface area (Å²) in [7, 11) is 1.63. The molecule has 2 aromatic rings. The molecule has 5 rings (SSSR count). The predicted octanol–water partition coefficient (Wildman–Crippen LogP) is 3.30. The monoisotopic (exact) mass is 452 g/mol. The Balaban J connectivity index is 1.46. The predicted molar refractivity (Wildman–Crippen MR) is 124 cm³/mol. The van der Waals surface area contributed by atoms with Gasteiger partial charge in [-0.05, 0) is 62.8 Å². The van der Waals surface area contributed by atoms with Gasteiger partial charge in [-0.2, -0.15) is 0 Å². The molecule has 0 radical (unpaired) electrons. The van der Waals surface area contributed by atoms with Crippen LogP contribution in [0.25, 0.3) is 10.9 Å². The highest BCUT2D eigenvalue weighted by Crippen LogP contribution is 2.45. The van der Waals surface area contributed by atoms with E-state index in [1.54, 1.807) is 25.9 Å². The third-order valence-corrected chi connectivity index (χ3v) is 8.00. The number of ether oxygens (including phenoxy) is 1. The van der Waals surface area contributed by atoms with Crippen LogP contribution in [0.4, 0.5) is 4.79 Å². The number of H-pyrrole nitrogens is 1. The van der Waals surface area contributed by atoms with Gasteiger partial charge in [-0.15, -0.1) is 0 Å². The Morgan fingerprint density at radius 1 is 1.27 bits per heavy atom. The normalized spacial score (nSPS) is 28.0. The van der Waals surface area contributed by atoms with Crippen molar-refractivity contribution in [3.8, 4) is 5.75 Å². The van der Waals surface area contributed by atoms with Crippen molar-refractivity contribution >= 4 is 28.7 Å². The number of aromatic amines is 1. The standard InChI is InChI=1S/C25H32N4O4/c1-14-7-5-6-8-19(14)27-22(30)15(2)29-23(31)25(3)21-17(11-12-28(25)24(29)32)18-13-16(33-4)9-10-20(18)26-21/h9-10,13-15,19,26H,5-8,11-12H2,1-4H3,(H,27,30)/t14-,15+,19+,25+/m1/s1. The Morgan fingerprint density at radius 3 is 2.76 bits per heavy atom. The third kappa shape index (κ3) is 3.14. The average molecular weight is 453 g/mol. The number of rotatable bonds is 4. The molecule has 1 aromatic carbocycles. The SMILES string of the molecule is COc1ccc2[nH]c3c(c2c1)CCN1C(=O)N([C@@H](C)C(=O)N[C@H]2CCCC[C@H]2C)C(=O)[C@]31C. The van der Waals surface area contributed by atoms with Gasteiger partial charge in [0.15, 0.2) is 5.54 Å². The maximum absolute atomic E-state index is 13.8. The van der Waals surface area contributed by atoms with E-state index in [9.17, 15) is 14.4 Å². The zero-order valence-electron chi connectivity index (χ0n) is 19.7. The summed E-state index contributed by atoms with van der Waals surface area (Å²) in [5.74, 6) is 0.524. The first kappa shape index (κ1) is 21.8. The summed E-state index contributed by atoms with van der Waals surface area (Å²) < 4.78 is 5.38. The molecule has 8 heteroatoms. The molecule has 3 aliphatic rings. The molecule has 1 aromatic heterocycles. The summed E-state index contributed by atoms with van der Waals surface area (Å²) in [6, 6.07) is 4.59. The molecule has 2 N–H and O–H groups in total. The van der Waals surface area contributed by atoms with E-state index in [1.807, 2.05) is 18.2 Å². The fourth-order valence-electron chi connectivity index (χ4n) is 5.86. The number of amides is 4. The summed E-state index contributed by atoms with van der Waals surface area (Å²) in [6.45, 7) is 6.00. The van der Waals surface area contributed by atoms with Gasteiger partial charge in [-0.1, -0.05) is 19.8 Å². The Hall–Kier alpha value is -3.03. The molecule has 0 spiro atoms. The molecule has 4 atom stereocenters. The number of urea groups is 1. The molecule has 0 unspecified atom stereocenters. The molecule has 0 bridgehead atoms. The Labute approximate surface area is 193 Å². The molecular formula is C25H32N4O4. The fourth-order valence-corrected chi connectivity index (χ4v) is 5.86. The van der Waals surface area contributed by atoms with Crippen molar-refractivity contribution in [1.82, 2.24) is 20.1 Å². The molecule has 2 fully saturated rings. The molecular weight excluding hydrogens is 420 g/mol. The largest absolute Gasteiger partial charge is 0.497 e. The van der Waals surface area contributed by atoms with Crippen LogP contribution in [0.5, 0.6) is 5.75 Å². The maximum atomic E-state index is 13.8. The molecule has 1 saturated carbocycles. The molecule has 176 valence electrons. The Kier molecular flexibility index (Phi) is 5.14. The smallest absolute Gasteiger partial charge is 0.328 e. The number of hydrogen-bond donors (Lipinski definition) is 2. The van der Waals surface area contributed by atoms with E-state index in [1.165, 1.54) is 6.42 Å². The van der Waals surface area contributed by atoms with Crippen LogP contribution in [0.1, 0.15) is 57.7 Å². The highest BCUT2D eigenvalue weighted by atomic mass is 16.5. The van der Waals surface area contributed by atoms with Crippen LogP contribution in [-0.2, 0) is 21.5 Å². The van der Waals surface area contributed by atoms with Crippen molar-refractivity contribution in [3.05, 3.63) is 29.5 Å². The van der Waals surface area contributed by atoms with Crippen LogP contribution in [0.15, 0.2) is 18.2 Å². The van der Waals surface area contributed by atoms with E-state index in [2.05, 4.69) is 17.2 Å². The van der Waals surface area contributed by atoms with Gasteiger partial charge in [0.2, 0.25) is 5.91 Å². The minimum atomic E-state index is -1.16. The number of imide groups is 1. The summed E-state index contributed by atoms with van der Waals surface area (Å²) in [5.41, 5.74) is 1.49. The Morgan fingerprint density at radius 2 is 2.03 bits per heavy atom. The van der Waals surface area contributed by atoms with Gasteiger partial charge < -0.3 is 19.9 Å². The number of nitrogens with one attached hydrogen (secondary N) is 2. The third-order valence-electron chi connectivity index (χ3n) is 8.00. The second kappa shape index (κ2) is 7.78. The van der Waals surface area contributed by atoms with Crippen LogP contribution in [-0.4, -0.2) is 58.4 Å². The van der Waals surface area contributed by atoms with E-state index in [0.29, 0.717) is 18.9 Å². The second-order valence-corrected chi connectivity index (χ2v) is 9.87. The maximum Gasteiger partial charge on any atom is 0.328 e. The zero-order chi connectivity index (χ0) is 23.5. The van der Waals surface area contributed by atoms with Crippen molar-refractivity contribution < 1.29 is 19.1 Å². The van der Waals surface area contributed by atoms with Crippen molar-refractivity contribution in [1.29, 1.82) is 0 Å². The summed E-state index contributed by atoms with van der Waals surface area (Å²) in [5, 5.41) is 4.11. The van der Waals surface area contributed by atoms with Crippen LogP contribution in [0.3, 0.4) is 0 Å². The zero-order valence-corrected chi connectivity index (χ0v) is 19.7. The number of benzene rings is 1. The van der Waals surface area contributed by atoms with E-state index in [4.69, 9.17) is 4.74 Å². The molecule has 2 aliphatic heterocycles. The Bertz CT molecular complexity index is 1140. The lowest BCUT2D eigenvalue weighted by Gasteiger charge is -2.36. The van der Waals surface area contributed by atoms with Gasteiger partial charge in [-0.25, -0.2) is 9.69 Å². The topological polar surface area (TPSA) is 94.7 Å². The number of hydrogen-bond acceptors (Lipinski definition) is 4. The number of nitrogens with zero attached hydrogens (tertiary/aromatic N) is 2. The summed E-state index contributed by atoms with van der Waals surface area (Å²) in [4.78, 5) is 46.4. The van der Waals surface area contributed by atoms with Crippen LogP contribution in [0.2, 0.25) is 0 Å². The lowest BCUT2D eigenvalue weighted by atomic mass is 9.85. The second-order valence-electron chi connectivity index (χ2n) is 9.87. The van der Waals surface area contributed by atoms with Crippen LogP contribution < -0.4 is 10.1 Å². The van der Waals surface area contributed by atoms with Gasteiger partial charge in [0.1, 0.15) is 11.8 Å². The molecule has 1 saturated heterocycles. The van der Waals surface area contributed by atoms with E-state index < -0.39 is 17.6 Å². The average Bonchev–Trinajstić information content (AvgIpc) is 3.28.